The maximum absolute atomic E-state index is 3.42. The normalized spacial score (nSPS) is 32.8. The van der Waals surface area contributed by atoms with Crippen LogP contribution < -0.4 is 5.32 Å². The molecule has 2 nitrogen and oxygen atoms in total. The van der Waals surface area contributed by atoms with Crippen LogP contribution in [0.25, 0.3) is 0 Å². The molecule has 0 amide bonds. The Morgan fingerprint density at radius 2 is 1.69 bits per heavy atom. The molecule has 0 aromatic rings. The summed E-state index contributed by atoms with van der Waals surface area (Å²) in [5.41, 5.74) is 0. The van der Waals surface area contributed by atoms with E-state index >= 15 is 0 Å². The summed E-state index contributed by atoms with van der Waals surface area (Å²) in [6.45, 7) is 4.10. The van der Waals surface area contributed by atoms with E-state index in [1.165, 1.54) is 71.0 Å². The van der Waals surface area contributed by atoms with Crippen molar-refractivity contribution in [1.29, 1.82) is 0 Å². The first-order chi connectivity index (χ1) is 7.88. The number of hydrogen-bond acceptors (Lipinski definition) is 2. The van der Waals surface area contributed by atoms with Crippen LogP contribution in [-0.4, -0.2) is 37.6 Å². The topological polar surface area (TPSA) is 15.3 Å². The van der Waals surface area contributed by atoms with Gasteiger partial charge >= 0.3 is 0 Å². The third-order valence-electron chi connectivity index (χ3n) is 4.56. The van der Waals surface area contributed by atoms with Gasteiger partial charge < -0.3 is 10.2 Å². The van der Waals surface area contributed by atoms with Crippen LogP contribution in [0.1, 0.15) is 51.4 Å². The number of piperidine rings is 1. The molecule has 16 heavy (non-hydrogen) atoms. The third kappa shape index (κ3) is 3.74. The fourth-order valence-electron chi connectivity index (χ4n) is 3.29. The lowest BCUT2D eigenvalue weighted by Crippen LogP contribution is -2.34. The highest BCUT2D eigenvalue weighted by Crippen LogP contribution is 2.27. The summed E-state index contributed by atoms with van der Waals surface area (Å²) < 4.78 is 0. The zero-order valence-corrected chi connectivity index (χ0v) is 10.9. The monoisotopic (exact) mass is 224 g/mol. The average Bonchev–Trinajstić information content (AvgIpc) is 2.38. The highest BCUT2D eigenvalue weighted by atomic mass is 15.1. The standard InChI is InChI=1S/C14H28N2/c1-15-14-7-5-13(6-8-14)9-12-16-10-3-2-4-11-16/h13-15H,2-12H2,1H3. The Morgan fingerprint density at radius 3 is 2.31 bits per heavy atom. The highest BCUT2D eigenvalue weighted by Gasteiger charge is 2.20. The Balaban J connectivity index is 1.59. The van der Waals surface area contributed by atoms with Crippen molar-refractivity contribution in [2.75, 3.05) is 26.7 Å². The minimum atomic E-state index is 0.811. The molecule has 2 heteroatoms. The minimum Gasteiger partial charge on any atom is -0.317 e. The molecular formula is C14H28N2. The van der Waals surface area contributed by atoms with Gasteiger partial charge in [0.25, 0.3) is 0 Å². The predicted octanol–water partition coefficient (Wildman–Crippen LogP) is 2.64. The first kappa shape index (κ1) is 12.4. The molecule has 1 N–H and O–H groups in total. The molecule has 0 bridgehead atoms. The van der Waals surface area contributed by atoms with Gasteiger partial charge in [0, 0.05) is 6.04 Å². The second kappa shape index (κ2) is 6.61. The van der Waals surface area contributed by atoms with Gasteiger partial charge in [-0.15, -0.1) is 0 Å². The maximum atomic E-state index is 3.42. The van der Waals surface area contributed by atoms with Crippen LogP contribution in [0.15, 0.2) is 0 Å². The van der Waals surface area contributed by atoms with Crippen molar-refractivity contribution in [1.82, 2.24) is 10.2 Å². The summed E-state index contributed by atoms with van der Waals surface area (Å²) in [6.07, 6.45) is 11.5. The van der Waals surface area contributed by atoms with Crippen molar-refractivity contribution in [3.63, 3.8) is 0 Å². The van der Waals surface area contributed by atoms with E-state index in [-0.39, 0.29) is 0 Å². The largest absolute Gasteiger partial charge is 0.317 e. The SMILES string of the molecule is CNC1CCC(CCN2CCCCC2)CC1. The second-order valence-corrected chi connectivity index (χ2v) is 5.70. The van der Waals surface area contributed by atoms with Gasteiger partial charge in [0.2, 0.25) is 0 Å². The smallest absolute Gasteiger partial charge is 0.00642 e. The first-order valence-corrected chi connectivity index (χ1v) is 7.28. The van der Waals surface area contributed by atoms with Crippen LogP contribution in [-0.2, 0) is 0 Å². The Labute approximate surface area is 101 Å². The van der Waals surface area contributed by atoms with E-state index in [9.17, 15) is 0 Å². The molecule has 1 heterocycles. The van der Waals surface area contributed by atoms with E-state index in [1.54, 1.807) is 0 Å². The fraction of sp³-hybridized carbons (Fsp3) is 1.00. The highest BCUT2D eigenvalue weighted by molar-refractivity contribution is 4.77. The summed E-state index contributed by atoms with van der Waals surface area (Å²) in [5, 5.41) is 3.42. The fourth-order valence-corrected chi connectivity index (χ4v) is 3.29. The van der Waals surface area contributed by atoms with Gasteiger partial charge in [-0.3, -0.25) is 0 Å². The molecule has 1 aliphatic carbocycles. The summed E-state index contributed by atoms with van der Waals surface area (Å²) in [5.74, 6) is 1.02. The van der Waals surface area contributed by atoms with Gasteiger partial charge in [-0.1, -0.05) is 6.42 Å². The van der Waals surface area contributed by atoms with Crippen molar-refractivity contribution < 1.29 is 0 Å². The summed E-state index contributed by atoms with van der Waals surface area (Å²) in [7, 11) is 2.11. The Kier molecular flexibility index (Phi) is 5.11. The lowest BCUT2D eigenvalue weighted by Gasteiger charge is -2.31. The molecule has 94 valence electrons. The van der Waals surface area contributed by atoms with Crippen LogP contribution in [0.5, 0.6) is 0 Å². The molecule has 0 radical (unpaired) electrons. The van der Waals surface area contributed by atoms with Crippen LogP contribution in [0.4, 0.5) is 0 Å². The van der Waals surface area contributed by atoms with E-state index in [2.05, 4.69) is 17.3 Å². The van der Waals surface area contributed by atoms with Crippen molar-refractivity contribution in [3.8, 4) is 0 Å². The molecule has 2 aliphatic rings. The second-order valence-electron chi connectivity index (χ2n) is 5.70. The van der Waals surface area contributed by atoms with Gasteiger partial charge in [-0.05, 0) is 77.5 Å². The van der Waals surface area contributed by atoms with Crippen molar-refractivity contribution >= 4 is 0 Å². The average molecular weight is 224 g/mol. The molecule has 1 saturated carbocycles. The Bertz CT molecular complexity index is 179. The van der Waals surface area contributed by atoms with E-state index in [4.69, 9.17) is 0 Å². The third-order valence-corrected chi connectivity index (χ3v) is 4.56. The Hall–Kier alpha value is -0.0800. The lowest BCUT2D eigenvalue weighted by atomic mass is 9.84. The molecule has 0 unspecified atom stereocenters. The van der Waals surface area contributed by atoms with Crippen LogP contribution in [0, 0.1) is 5.92 Å². The lowest BCUT2D eigenvalue weighted by molar-refractivity contribution is 0.195. The van der Waals surface area contributed by atoms with E-state index < -0.39 is 0 Å². The van der Waals surface area contributed by atoms with E-state index in [0.717, 1.165) is 12.0 Å². The number of nitrogens with zero attached hydrogens (tertiary/aromatic N) is 1. The Morgan fingerprint density at radius 1 is 1.00 bits per heavy atom. The van der Waals surface area contributed by atoms with E-state index in [0.29, 0.717) is 0 Å². The zero-order chi connectivity index (χ0) is 11.2. The van der Waals surface area contributed by atoms with Crippen molar-refractivity contribution in [3.05, 3.63) is 0 Å². The van der Waals surface area contributed by atoms with E-state index in [1.807, 2.05) is 0 Å². The molecule has 0 aromatic carbocycles. The maximum Gasteiger partial charge on any atom is 0.00642 e. The predicted molar refractivity (Wildman–Crippen MR) is 69.7 cm³/mol. The minimum absolute atomic E-state index is 0.811. The summed E-state index contributed by atoms with van der Waals surface area (Å²) in [4.78, 5) is 2.69. The van der Waals surface area contributed by atoms with Crippen LogP contribution in [0.3, 0.4) is 0 Å². The van der Waals surface area contributed by atoms with Crippen LogP contribution >= 0.6 is 0 Å². The van der Waals surface area contributed by atoms with Gasteiger partial charge in [0.05, 0.1) is 0 Å². The number of likely N-dealkylation sites (tertiary alicyclic amines) is 1. The van der Waals surface area contributed by atoms with Crippen molar-refractivity contribution in [2.24, 2.45) is 5.92 Å². The van der Waals surface area contributed by atoms with Crippen LogP contribution in [0.2, 0.25) is 0 Å². The molecule has 1 aliphatic heterocycles. The zero-order valence-electron chi connectivity index (χ0n) is 10.9. The number of rotatable bonds is 4. The quantitative estimate of drug-likeness (QED) is 0.790. The summed E-state index contributed by atoms with van der Waals surface area (Å²) in [6, 6.07) is 0.811. The van der Waals surface area contributed by atoms with Gasteiger partial charge in [-0.25, -0.2) is 0 Å². The molecule has 0 atom stereocenters. The number of hydrogen-bond donors (Lipinski definition) is 1. The molecule has 2 rings (SSSR count). The van der Waals surface area contributed by atoms with Crippen molar-refractivity contribution in [2.45, 2.75) is 57.4 Å². The van der Waals surface area contributed by atoms with Gasteiger partial charge in [-0.2, -0.15) is 0 Å². The first-order valence-electron chi connectivity index (χ1n) is 7.28. The molecule has 1 saturated heterocycles. The molecule has 0 spiro atoms. The summed E-state index contributed by atoms with van der Waals surface area (Å²) >= 11 is 0. The molecular weight excluding hydrogens is 196 g/mol. The van der Waals surface area contributed by atoms with Gasteiger partial charge in [0.1, 0.15) is 0 Å². The van der Waals surface area contributed by atoms with Gasteiger partial charge in [0.15, 0.2) is 0 Å². The molecule has 0 aromatic heterocycles. The number of nitrogens with one attached hydrogen (secondary N) is 1. The molecule has 2 fully saturated rings.